The Kier molecular flexibility index (Phi) is 5.43. The van der Waals surface area contributed by atoms with Crippen LogP contribution in [0.25, 0.3) is 11.4 Å². The predicted molar refractivity (Wildman–Crippen MR) is 94.5 cm³/mol. The number of benzene rings is 1. The van der Waals surface area contributed by atoms with Crippen LogP contribution in [-0.2, 0) is 11.3 Å². The van der Waals surface area contributed by atoms with Gasteiger partial charge in [0.25, 0.3) is 0 Å². The van der Waals surface area contributed by atoms with E-state index in [1.165, 1.54) is 30.5 Å². The number of halogens is 1. The quantitative estimate of drug-likeness (QED) is 0.486. The van der Waals surface area contributed by atoms with E-state index < -0.39 is 11.0 Å². The van der Waals surface area contributed by atoms with Gasteiger partial charge in [-0.25, -0.2) is 4.39 Å². The number of amides is 1. The lowest BCUT2D eigenvalue weighted by molar-refractivity contribution is -0.389. The van der Waals surface area contributed by atoms with E-state index in [1.807, 2.05) is 0 Å². The second kappa shape index (κ2) is 7.94. The van der Waals surface area contributed by atoms with Gasteiger partial charge in [-0.15, -0.1) is 0 Å². The molecule has 1 N–H and O–H groups in total. The summed E-state index contributed by atoms with van der Waals surface area (Å²) in [5.41, 5.74) is 0.590. The lowest BCUT2D eigenvalue weighted by Crippen LogP contribution is -2.27. The van der Waals surface area contributed by atoms with Gasteiger partial charge < -0.3 is 24.5 Å². The van der Waals surface area contributed by atoms with Gasteiger partial charge in [-0.2, -0.15) is 4.98 Å². The molecule has 0 radical (unpaired) electrons. The van der Waals surface area contributed by atoms with Gasteiger partial charge in [0.2, 0.25) is 23.4 Å². The monoisotopic (exact) mass is 388 g/mol. The zero-order valence-electron chi connectivity index (χ0n) is 15.1. The van der Waals surface area contributed by atoms with E-state index in [0.29, 0.717) is 11.4 Å². The number of hydrogen-bond acceptors (Lipinski definition) is 7. The summed E-state index contributed by atoms with van der Waals surface area (Å²) in [5, 5.41) is 17.3. The average molecular weight is 388 g/mol. The number of rotatable bonds is 7. The van der Waals surface area contributed by atoms with Crippen molar-refractivity contribution in [2.24, 2.45) is 0 Å². The number of nitro groups is 1. The Labute approximate surface area is 158 Å². The molecule has 0 spiro atoms. The Morgan fingerprint density at radius 1 is 1.36 bits per heavy atom. The maximum Gasteiger partial charge on any atom is 0.381 e. The zero-order chi connectivity index (χ0) is 20.3. The molecule has 28 heavy (non-hydrogen) atoms. The van der Waals surface area contributed by atoms with Crippen molar-refractivity contribution in [2.75, 3.05) is 0 Å². The topological polar surface area (TPSA) is 129 Å². The van der Waals surface area contributed by atoms with Crippen molar-refractivity contribution in [2.45, 2.75) is 32.9 Å². The largest absolute Gasteiger partial charge is 0.381 e. The summed E-state index contributed by atoms with van der Waals surface area (Å²) in [5.74, 6) is 0.0368. The molecule has 1 aromatic carbocycles. The van der Waals surface area contributed by atoms with E-state index in [1.54, 1.807) is 18.4 Å². The van der Waals surface area contributed by atoms with Gasteiger partial charge in [-0.3, -0.25) is 4.79 Å². The normalized spacial score (nSPS) is 12.0. The molecule has 0 saturated carbocycles. The molecule has 0 bridgehead atoms. The number of aryl methyl sites for hydroxylation is 2. The van der Waals surface area contributed by atoms with Crippen molar-refractivity contribution in [3.8, 4) is 11.4 Å². The second-order valence-electron chi connectivity index (χ2n) is 6.10. The number of carbonyl (C=O) groups is 1. The molecule has 0 saturated heterocycles. The highest BCUT2D eigenvalue weighted by Gasteiger charge is 2.19. The highest BCUT2D eigenvalue weighted by Crippen LogP contribution is 2.19. The van der Waals surface area contributed by atoms with Crippen LogP contribution in [0.4, 0.5) is 10.2 Å². The lowest BCUT2D eigenvalue weighted by Gasteiger charge is -2.09. The molecule has 0 aliphatic heterocycles. The average Bonchev–Trinajstić information content (AvgIpc) is 3.28. The van der Waals surface area contributed by atoms with Gasteiger partial charge >= 0.3 is 5.82 Å². The molecule has 11 heteroatoms. The second-order valence-corrected chi connectivity index (χ2v) is 6.10. The van der Waals surface area contributed by atoms with Crippen LogP contribution in [0.5, 0.6) is 0 Å². The molecule has 0 aliphatic carbocycles. The minimum absolute atomic E-state index is 0.0949. The van der Waals surface area contributed by atoms with Crippen molar-refractivity contribution >= 4 is 11.7 Å². The van der Waals surface area contributed by atoms with E-state index in [-0.39, 0.29) is 42.2 Å². The first-order valence-corrected chi connectivity index (χ1v) is 8.40. The standard InChI is InChI=1S/C17H17FN6O4/c1-10(17-21-16(22-28-17)12-3-5-13(18)6-4-12)19-15(25)7-8-23-9-14(24(26)27)20-11(23)2/h3-6,9-10H,7-8H2,1-2H3,(H,19,25). The Morgan fingerprint density at radius 2 is 2.07 bits per heavy atom. The first-order chi connectivity index (χ1) is 13.3. The van der Waals surface area contributed by atoms with Gasteiger partial charge in [0.15, 0.2) is 0 Å². The van der Waals surface area contributed by atoms with E-state index in [9.17, 15) is 19.3 Å². The fourth-order valence-corrected chi connectivity index (χ4v) is 2.53. The molecular weight excluding hydrogens is 371 g/mol. The van der Waals surface area contributed by atoms with Crippen LogP contribution in [0.3, 0.4) is 0 Å². The molecule has 0 fully saturated rings. The number of imidazole rings is 1. The number of nitrogens with one attached hydrogen (secondary N) is 1. The van der Waals surface area contributed by atoms with Crippen LogP contribution in [-0.4, -0.2) is 30.5 Å². The molecule has 10 nitrogen and oxygen atoms in total. The van der Waals surface area contributed by atoms with Crippen molar-refractivity contribution in [3.05, 3.63) is 58.1 Å². The smallest absolute Gasteiger partial charge is 0.358 e. The van der Waals surface area contributed by atoms with Gasteiger partial charge in [0.05, 0.1) is 0 Å². The fourth-order valence-electron chi connectivity index (χ4n) is 2.53. The summed E-state index contributed by atoms with van der Waals surface area (Å²) in [6.07, 6.45) is 1.39. The lowest BCUT2D eigenvalue weighted by atomic mass is 10.2. The summed E-state index contributed by atoms with van der Waals surface area (Å²) in [6.45, 7) is 3.56. The third-order valence-corrected chi connectivity index (χ3v) is 4.02. The Balaban J connectivity index is 1.57. The van der Waals surface area contributed by atoms with E-state index in [2.05, 4.69) is 20.4 Å². The predicted octanol–water partition coefficient (Wildman–Crippen LogP) is 2.56. The summed E-state index contributed by atoms with van der Waals surface area (Å²) in [6, 6.07) is 5.10. The summed E-state index contributed by atoms with van der Waals surface area (Å²) in [7, 11) is 0. The van der Waals surface area contributed by atoms with Crippen molar-refractivity contribution in [1.29, 1.82) is 0 Å². The van der Waals surface area contributed by atoms with E-state index in [4.69, 9.17) is 4.52 Å². The number of carbonyl (C=O) groups excluding carboxylic acids is 1. The number of nitrogens with zero attached hydrogens (tertiary/aromatic N) is 5. The summed E-state index contributed by atoms with van der Waals surface area (Å²) >= 11 is 0. The molecule has 1 unspecified atom stereocenters. The fraction of sp³-hybridized carbons (Fsp3) is 0.294. The van der Waals surface area contributed by atoms with Gasteiger partial charge in [-0.05, 0) is 41.1 Å². The molecule has 1 amide bonds. The van der Waals surface area contributed by atoms with Gasteiger partial charge in [0.1, 0.15) is 18.1 Å². The van der Waals surface area contributed by atoms with Crippen LogP contribution >= 0.6 is 0 Å². The molecule has 0 aliphatic rings. The zero-order valence-corrected chi connectivity index (χ0v) is 15.1. The van der Waals surface area contributed by atoms with Crippen LogP contribution < -0.4 is 5.32 Å². The van der Waals surface area contributed by atoms with E-state index >= 15 is 0 Å². The maximum absolute atomic E-state index is 13.0. The highest BCUT2D eigenvalue weighted by molar-refractivity contribution is 5.76. The minimum Gasteiger partial charge on any atom is -0.358 e. The molecule has 1 atom stereocenters. The van der Waals surface area contributed by atoms with Crippen molar-refractivity contribution in [3.63, 3.8) is 0 Å². The van der Waals surface area contributed by atoms with Crippen LogP contribution in [0.15, 0.2) is 35.0 Å². The first kappa shape index (κ1) is 19.1. The number of hydrogen-bond donors (Lipinski definition) is 1. The summed E-state index contributed by atoms with van der Waals surface area (Å²) < 4.78 is 19.7. The molecule has 2 aromatic heterocycles. The number of aromatic nitrogens is 4. The Morgan fingerprint density at radius 3 is 2.71 bits per heavy atom. The Hall–Kier alpha value is -3.63. The maximum atomic E-state index is 13.0. The van der Waals surface area contributed by atoms with E-state index in [0.717, 1.165) is 0 Å². The summed E-state index contributed by atoms with van der Waals surface area (Å²) in [4.78, 5) is 30.3. The van der Waals surface area contributed by atoms with Gasteiger partial charge in [-0.1, -0.05) is 5.16 Å². The first-order valence-electron chi connectivity index (χ1n) is 8.40. The molecule has 2 heterocycles. The van der Waals surface area contributed by atoms with Crippen molar-refractivity contribution < 1.29 is 18.6 Å². The third-order valence-electron chi connectivity index (χ3n) is 4.02. The Bertz CT molecular complexity index is 998. The molecule has 3 aromatic rings. The molecule has 146 valence electrons. The van der Waals surface area contributed by atoms with Crippen LogP contribution in [0.1, 0.15) is 31.1 Å². The van der Waals surface area contributed by atoms with Crippen LogP contribution in [0.2, 0.25) is 0 Å². The molecular formula is C17H17FN6O4. The SMILES string of the molecule is Cc1nc([N+](=O)[O-])cn1CCC(=O)NC(C)c1nc(-c2ccc(F)cc2)no1. The minimum atomic E-state index is -0.583. The van der Waals surface area contributed by atoms with Crippen LogP contribution in [0, 0.1) is 22.9 Å². The molecule has 3 rings (SSSR count). The third kappa shape index (κ3) is 4.37. The van der Waals surface area contributed by atoms with Crippen molar-refractivity contribution in [1.82, 2.24) is 25.0 Å². The highest BCUT2D eigenvalue weighted by atomic mass is 19.1. The van der Waals surface area contributed by atoms with Gasteiger partial charge in [0, 0.05) is 25.5 Å².